The molecule has 2 N–H and O–H groups in total. The molecule has 4 rings (SSSR count). The molecule has 1 aliphatic rings. The zero-order valence-electron chi connectivity index (χ0n) is 14.4. The van der Waals surface area contributed by atoms with Crippen LogP contribution in [0.4, 0.5) is 13.2 Å². The predicted octanol–water partition coefficient (Wildman–Crippen LogP) is 3.36. The Balaban J connectivity index is 1.51. The number of H-pyrrole nitrogens is 1. The van der Waals surface area contributed by atoms with Crippen molar-refractivity contribution in [3.05, 3.63) is 53.5 Å². The molecule has 0 unspecified atom stereocenters. The van der Waals surface area contributed by atoms with Crippen molar-refractivity contribution >= 4 is 16.8 Å². The van der Waals surface area contributed by atoms with E-state index in [1.54, 1.807) is 29.1 Å². The summed E-state index contributed by atoms with van der Waals surface area (Å²) in [5.41, 5.74) is 1.96. The Morgan fingerprint density at radius 3 is 2.78 bits per heavy atom. The number of aryl methyl sites for hydroxylation is 1. The van der Waals surface area contributed by atoms with Crippen LogP contribution in [0.25, 0.3) is 10.9 Å². The van der Waals surface area contributed by atoms with Gasteiger partial charge in [-0.15, -0.1) is 13.2 Å². The third-order valence-corrected chi connectivity index (χ3v) is 4.69. The molecule has 1 saturated carbocycles. The van der Waals surface area contributed by atoms with E-state index in [9.17, 15) is 18.0 Å². The minimum Gasteiger partial charge on any atom is -0.351 e. The summed E-state index contributed by atoms with van der Waals surface area (Å²) < 4.78 is 42.1. The van der Waals surface area contributed by atoms with Gasteiger partial charge < -0.3 is 10.3 Å². The largest absolute Gasteiger partial charge is 0.522 e. The van der Waals surface area contributed by atoms with Crippen molar-refractivity contribution in [2.45, 2.75) is 31.3 Å². The first-order valence-electron chi connectivity index (χ1n) is 8.38. The molecule has 142 valence electrons. The van der Waals surface area contributed by atoms with Gasteiger partial charge in [0.25, 0.3) is 5.91 Å². The lowest BCUT2D eigenvalue weighted by molar-refractivity contribution is -0.330. The topological polar surface area (TPSA) is 71.9 Å². The second-order valence-corrected chi connectivity index (χ2v) is 6.78. The molecule has 2 aromatic heterocycles. The molecular formula is C18H17F3N4O2. The number of halogens is 3. The lowest BCUT2D eigenvalue weighted by Crippen LogP contribution is -2.34. The number of amides is 1. The third kappa shape index (κ3) is 3.68. The molecule has 1 aromatic carbocycles. The predicted molar refractivity (Wildman–Crippen MR) is 90.7 cm³/mol. The number of benzene rings is 1. The number of ether oxygens (including phenoxy) is 1. The SMILES string of the molecule is Cn1cc(C2(NC(=O)c3cc4cc(COC(F)(F)F)ccc4[nH]3)CC2)cn1. The molecule has 0 aliphatic heterocycles. The maximum atomic E-state index is 12.6. The summed E-state index contributed by atoms with van der Waals surface area (Å²) in [4.78, 5) is 15.7. The summed E-state index contributed by atoms with van der Waals surface area (Å²) in [5.74, 6) is -0.263. The highest BCUT2D eigenvalue weighted by atomic mass is 19.4. The van der Waals surface area contributed by atoms with Crippen LogP contribution in [0.15, 0.2) is 36.7 Å². The van der Waals surface area contributed by atoms with Crippen molar-refractivity contribution in [2.24, 2.45) is 7.05 Å². The smallest absolute Gasteiger partial charge is 0.351 e. The molecule has 0 atom stereocenters. The van der Waals surface area contributed by atoms with Gasteiger partial charge >= 0.3 is 6.36 Å². The number of hydrogen-bond acceptors (Lipinski definition) is 3. The highest BCUT2D eigenvalue weighted by Crippen LogP contribution is 2.45. The van der Waals surface area contributed by atoms with Crippen LogP contribution in [0.5, 0.6) is 0 Å². The van der Waals surface area contributed by atoms with E-state index < -0.39 is 18.5 Å². The fourth-order valence-corrected chi connectivity index (χ4v) is 3.12. The van der Waals surface area contributed by atoms with Crippen molar-refractivity contribution in [2.75, 3.05) is 0 Å². The van der Waals surface area contributed by atoms with E-state index in [1.165, 1.54) is 6.07 Å². The van der Waals surface area contributed by atoms with Crippen molar-refractivity contribution in [1.82, 2.24) is 20.1 Å². The maximum Gasteiger partial charge on any atom is 0.522 e. The number of alkyl halides is 3. The van der Waals surface area contributed by atoms with E-state index in [0.717, 1.165) is 18.4 Å². The molecule has 3 aromatic rings. The van der Waals surface area contributed by atoms with Crippen molar-refractivity contribution in [3.8, 4) is 0 Å². The third-order valence-electron chi connectivity index (χ3n) is 4.69. The molecule has 6 nitrogen and oxygen atoms in total. The standard InChI is InChI=1S/C18H17F3N4O2/c1-25-9-13(8-22-25)17(4-5-17)24-16(26)15-7-12-6-11(2-3-14(12)23-15)10-27-18(19,20)21/h2-3,6-9,23H,4-5,10H2,1H3,(H,24,26). The molecule has 0 spiro atoms. The van der Waals surface area contributed by atoms with Gasteiger partial charge in [-0.25, -0.2) is 0 Å². The summed E-state index contributed by atoms with van der Waals surface area (Å²) >= 11 is 0. The Morgan fingerprint density at radius 2 is 2.15 bits per heavy atom. The van der Waals surface area contributed by atoms with Crippen LogP contribution in [0, 0.1) is 0 Å². The highest BCUT2D eigenvalue weighted by molar-refractivity contribution is 5.98. The van der Waals surface area contributed by atoms with Gasteiger partial charge in [-0.1, -0.05) is 6.07 Å². The van der Waals surface area contributed by atoms with Crippen LogP contribution in [0.1, 0.15) is 34.5 Å². The van der Waals surface area contributed by atoms with Gasteiger partial charge in [-0.3, -0.25) is 14.2 Å². The van der Waals surface area contributed by atoms with E-state index in [-0.39, 0.29) is 5.91 Å². The lowest BCUT2D eigenvalue weighted by Gasteiger charge is -2.15. The number of carbonyl (C=O) groups is 1. The summed E-state index contributed by atoms with van der Waals surface area (Å²) in [5, 5.41) is 7.83. The minimum atomic E-state index is -4.68. The quantitative estimate of drug-likeness (QED) is 0.715. The summed E-state index contributed by atoms with van der Waals surface area (Å²) in [7, 11) is 1.82. The number of fused-ring (bicyclic) bond motifs is 1. The van der Waals surface area contributed by atoms with Gasteiger partial charge in [0.05, 0.1) is 18.3 Å². The number of aromatic nitrogens is 3. The van der Waals surface area contributed by atoms with Crippen LogP contribution in [0.2, 0.25) is 0 Å². The zero-order chi connectivity index (χ0) is 19.2. The van der Waals surface area contributed by atoms with Gasteiger partial charge in [0.2, 0.25) is 0 Å². The molecule has 1 aliphatic carbocycles. The van der Waals surface area contributed by atoms with Gasteiger partial charge in [0, 0.05) is 29.7 Å². The second-order valence-electron chi connectivity index (χ2n) is 6.78. The van der Waals surface area contributed by atoms with Crippen molar-refractivity contribution < 1.29 is 22.7 Å². The van der Waals surface area contributed by atoms with Gasteiger partial charge in [0.1, 0.15) is 5.69 Å². The molecule has 1 fully saturated rings. The first-order valence-corrected chi connectivity index (χ1v) is 8.38. The normalized spacial score (nSPS) is 15.9. The van der Waals surface area contributed by atoms with E-state index in [1.807, 2.05) is 13.2 Å². The fourth-order valence-electron chi connectivity index (χ4n) is 3.12. The monoisotopic (exact) mass is 378 g/mol. The summed E-state index contributed by atoms with van der Waals surface area (Å²) in [6.45, 7) is -0.573. The van der Waals surface area contributed by atoms with E-state index in [4.69, 9.17) is 0 Å². The van der Waals surface area contributed by atoms with E-state index in [2.05, 4.69) is 20.1 Å². The van der Waals surface area contributed by atoms with Gasteiger partial charge in [-0.2, -0.15) is 5.10 Å². The Labute approximate surface area is 152 Å². The van der Waals surface area contributed by atoms with Gasteiger partial charge in [-0.05, 0) is 36.6 Å². The first-order chi connectivity index (χ1) is 12.7. The zero-order valence-corrected chi connectivity index (χ0v) is 14.4. The van der Waals surface area contributed by atoms with Crippen LogP contribution in [-0.4, -0.2) is 27.0 Å². The molecule has 0 saturated heterocycles. The number of hydrogen-bond donors (Lipinski definition) is 2. The van der Waals surface area contributed by atoms with Crippen molar-refractivity contribution in [1.29, 1.82) is 0 Å². The van der Waals surface area contributed by atoms with Crippen LogP contribution >= 0.6 is 0 Å². The molecule has 1 amide bonds. The van der Waals surface area contributed by atoms with E-state index in [0.29, 0.717) is 22.2 Å². The number of carbonyl (C=O) groups excluding carboxylic acids is 1. The number of nitrogens with zero attached hydrogens (tertiary/aromatic N) is 2. The fraction of sp³-hybridized carbons (Fsp3) is 0.333. The first kappa shape index (κ1) is 17.6. The minimum absolute atomic E-state index is 0.263. The molecule has 9 heteroatoms. The van der Waals surface area contributed by atoms with Gasteiger partial charge in [0.15, 0.2) is 0 Å². The maximum absolute atomic E-state index is 12.6. The molecular weight excluding hydrogens is 361 g/mol. The van der Waals surface area contributed by atoms with Crippen LogP contribution < -0.4 is 5.32 Å². The lowest BCUT2D eigenvalue weighted by atomic mass is 10.1. The Hall–Kier alpha value is -2.81. The number of aromatic amines is 1. The molecule has 0 radical (unpaired) electrons. The van der Waals surface area contributed by atoms with Crippen molar-refractivity contribution in [3.63, 3.8) is 0 Å². The summed E-state index contributed by atoms with van der Waals surface area (Å²) in [6, 6.07) is 6.36. The van der Waals surface area contributed by atoms with E-state index >= 15 is 0 Å². The average molecular weight is 378 g/mol. The average Bonchev–Trinajstić information content (AvgIpc) is 3.04. The highest BCUT2D eigenvalue weighted by Gasteiger charge is 2.46. The van der Waals surface area contributed by atoms with Crippen LogP contribution in [-0.2, 0) is 23.9 Å². The molecule has 0 bridgehead atoms. The Bertz CT molecular complexity index is 1000. The van der Waals surface area contributed by atoms with Crippen LogP contribution in [0.3, 0.4) is 0 Å². The number of nitrogens with one attached hydrogen (secondary N) is 2. The second kappa shape index (κ2) is 6.12. The molecule has 2 heterocycles. The Morgan fingerprint density at radius 1 is 1.37 bits per heavy atom. The Kier molecular flexibility index (Phi) is 3.99. The summed E-state index contributed by atoms with van der Waals surface area (Å²) in [6.07, 6.45) is 0.618. The molecule has 27 heavy (non-hydrogen) atoms. The number of rotatable bonds is 5.